The summed E-state index contributed by atoms with van der Waals surface area (Å²) in [6.45, 7) is 48.7. The highest BCUT2D eigenvalue weighted by Crippen LogP contribution is 2.38. The van der Waals surface area contributed by atoms with Crippen LogP contribution in [-0.4, -0.2) is 13.2 Å². The monoisotopic (exact) mass is 1900 g/mol. The molecule has 0 radical (unpaired) electrons. The molecular formula is C124H126O18. The molecule has 20 rings (SSSR count). The minimum atomic E-state index is 0.00634. The molecule has 0 N–H and O–H groups in total. The van der Waals surface area contributed by atoms with Crippen molar-refractivity contribution in [3.05, 3.63) is 492 Å². The van der Waals surface area contributed by atoms with Crippen molar-refractivity contribution in [2.45, 2.75) is 145 Å². The first kappa shape index (κ1) is 106. The molecule has 0 aliphatic carbocycles. The molecule has 0 saturated heterocycles. The third kappa shape index (κ3) is 34.5. The van der Waals surface area contributed by atoms with Gasteiger partial charge in [0, 0.05) is 17.5 Å². The smallest absolute Gasteiger partial charge is 0.282 e. The lowest BCUT2D eigenvalue weighted by Gasteiger charge is -2.20. The van der Waals surface area contributed by atoms with Crippen LogP contribution in [0.25, 0.3) is 39.0 Å². The zero-order chi connectivity index (χ0) is 102. The average molecular weight is 1900 g/mol. The predicted octanol–water partition coefficient (Wildman–Crippen LogP) is 32.0. The molecule has 0 amide bonds. The summed E-state index contributed by atoms with van der Waals surface area (Å²) in [5.74, 6) is 12.6. The molecule has 7 heterocycles. The number of hydrogen-bond donors (Lipinski definition) is 0. The lowest BCUT2D eigenvalue weighted by atomic mass is 9.87. The van der Waals surface area contributed by atoms with Gasteiger partial charge in [0.1, 0.15) is 107 Å². The SMILES string of the molecule is C1=COc2ccccc2O1.C=C(COc1ccc(C(C)(C)C)cc1)Oc1ccc(C(C)(C)C)cc1.C=C1COc2ccccc2O1.C=C1Oc2ccccc2O1.CC(C)(C)c1ccc(O/C=C/Oc2ccc(C(C)(C)C)cc2)cc1.CC(C)(C)c1ccc(O/C=C/c2ccccc2)cc1.CC1=COc2ccccc2O1.Cc1ccc2occc(=O)c2c1.O=c1ccoc2ccccc12.c1ccc2occc2c1. The fraction of sp³-hybridized carbons (Fsp3) is 0.194. The van der Waals surface area contributed by atoms with Crippen LogP contribution in [0.5, 0.6) is 74.7 Å². The molecule has 0 bridgehead atoms. The molecule has 0 spiro atoms. The number of furan rings is 1. The van der Waals surface area contributed by atoms with Crippen LogP contribution in [0.1, 0.15) is 150 Å². The van der Waals surface area contributed by atoms with Crippen molar-refractivity contribution in [1.82, 2.24) is 0 Å². The Kier molecular flexibility index (Phi) is 38.1. The maximum atomic E-state index is 11.3. The first-order chi connectivity index (χ1) is 67.9. The Morgan fingerprint density at radius 2 is 0.704 bits per heavy atom. The van der Waals surface area contributed by atoms with Crippen LogP contribution in [0.3, 0.4) is 0 Å². The Hall–Kier alpha value is -16.6. The molecule has 0 saturated carbocycles. The molecule has 4 aliphatic heterocycles. The van der Waals surface area contributed by atoms with Gasteiger partial charge in [0.05, 0.1) is 35.8 Å². The zero-order valence-corrected chi connectivity index (χ0v) is 83.9. The van der Waals surface area contributed by atoms with Gasteiger partial charge < -0.3 is 74.8 Å². The van der Waals surface area contributed by atoms with Crippen LogP contribution < -0.4 is 72.4 Å². The number of ether oxygens (including phenoxy) is 13. The Labute approximate surface area is 833 Å². The maximum Gasteiger partial charge on any atom is 0.282 e. The van der Waals surface area contributed by atoms with Gasteiger partial charge in [0.2, 0.25) is 0 Å². The van der Waals surface area contributed by atoms with E-state index in [0.717, 1.165) is 103 Å². The van der Waals surface area contributed by atoms with Crippen molar-refractivity contribution >= 4 is 39.0 Å². The first-order valence-corrected chi connectivity index (χ1v) is 46.6. The van der Waals surface area contributed by atoms with Crippen LogP contribution in [0, 0.1) is 6.92 Å². The quantitative estimate of drug-likeness (QED) is 0.105. The molecule has 18 nitrogen and oxygen atoms in total. The van der Waals surface area contributed by atoms with Crippen LogP contribution in [0.2, 0.25) is 0 Å². The van der Waals surface area contributed by atoms with Crippen LogP contribution in [0.15, 0.2) is 456 Å². The van der Waals surface area contributed by atoms with Crippen molar-refractivity contribution in [2.24, 2.45) is 0 Å². The third-order valence-electron chi connectivity index (χ3n) is 21.3. The number of allylic oxidation sites excluding steroid dienone is 1. The molecule has 0 fully saturated rings. The minimum Gasteiger partial charge on any atom is -0.486 e. The summed E-state index contributed by atoms with van der Waals surface area (Å²) in [5.41, 5.74) is 11.7. The number of rotatable bonds is 12. The van der Waals surface area contributed by atoms with Gasteiger partial charge in [-0.1, -0.05) is 299 Å². The van der Waals surface area contributed by atoms with Crippen LogP contribution in [-0.2, 0) is 27.1 Å². The van der Waals surface area contributed by atoms with E-state index in [9.17, 15) is 9.59 Å². The molecule has 3 aromatic heterocycles. The molecular weight excluding hydrogens is 1780 g/mol. The van der Waals surface area contributed by atoms with Crippen molar-refractivity contribution in [3.8, 4) is 74.7 Å². The molecule has 142 heavy (non-hydrogen) atoms. The normalized spacial score (nSPS) is 12.2. The van der Waals surface area contributed by atoms with Gasteiger partial charge in [-0.2, -0.15) is 0 Å². The van der Waals surface area contributed by atoms with Gasteiger partial charge in [0.15, 0.2) is 56.9 Å². The summed E-state index contributed by atoms with van der Waals surface area (Å²) < 4.78 is 85.3. The van der Waals surface area contributed by atoms with Gasteiger partial charge in [0.25, 0.3) is 5.95 Å². The van der Waals surface area contributed by atoms with Crippen molar-refractivity contribution in [1.29, 1.82) is 0 Å². The lowest BCUT2D eigenvalue weighted by molar-refractivity contribution is 0.233. The summed E-state index contributed by atoms with van der Waals surface area (Å²) in [6.07, 6.45) is 16.0. The second kappa shape index (κ2) is 51.2. The summed E-state index contributed by atoms with van der Waals surface area (Å²) in [6, 6.07) is 107. The molecule has 16 aromatic rings. The highest BCUT2D eigenvalue weighted by atomic mass is 16.7. The molecule has 18 heteroatoms. The summed E-state index contributed by atoms with van der Waals surface area (Å²) >= 11 is 0. The predicted molar refractivity (Wildman–Crippen MR) is 570 cm³/mol. The highest BCUT2D eigenvalue weighted by Gasteiger charge is 2.21. The Morgan fingerprint density at radius 3 is 1.17 bits per heavy atom. The Bertz CT molecular complexity index is 6800. The average Bonchev–Trinajstić information content (AvgIpc) is 1.57. The van der Waals surface area contributed by atoms with E-state index in [1.54, 1.807) is 43.4 Å². The van der Waals surface area contributed by atoms with Gasteiger partial charge >= 0.3 is 0 Å². The minimum absolute atomic E-state index is 0.00634. The van der Waals surface area contributed by atoms with Crippen LogP contribution >= 0.6 is 0 Å². The van der Waals surface area contributed by atoms with E-state index in [-0.39, 0.29) is 37.9 Å². The van der Waals surface area contributed by atoms with E-state index in [0.29, 0.717) is 52.6 Å². The van der Waals surface area contributed by atoms with E-state index in [4.69, 9.17) is 74.8 Å². The number of aryl methyl sites for hydroxylation is 1. The van der Waals surface area contributed by atoms with Gasteiger partial charge in [-0.05, 0) is 233 Å². The fourth-order valence-corrected chi connectivity index (χ4v) is 13.3. The standard InChI is InChI=1S/C23H30O2.C22H28O2.C18H20O.C10H8O2.2C9H8O2.C9H6O2.2C8H6O2.C8H6O/c1-17(25-21-14-10-19(11-15-21)23(5,6)7)16-24-20-12-8-18(9-13-20)22(2,3)4;1-21(2,3)17-7-11-19(12-8-17)23-15-16-24-20-13-9-18(10-14-20)22(4,5)6;1-18(2,3)16-9-11-17(12-10-16)19-14-13-15-7-5-4-6-8-15;1-7-2-3-10-8(6-7)9(11)4-5-12-10;2*1-7-6-10-8-4-2-3-5-9(8)11-7;10-8-5-6-11-9-4-2-1-3-7(8)9;1-6-9-7-4-2-3-5-8(7)10-6;1-2-4-8-7(3-1)9-5-6-10-8;1-2-4-8-7(3-1)5-6-9-8/h8-15H,1,16H2,2-7H3;7-16H,1-6H3;4-14H,1-3H3;2-6H,1H3;2-6H,1H3;2-5H,1,6H2;1-6H;2-5H,1H2;1-6H;1-6H/b;16-15+;14-13+;;;;;;;. The number of benzene rings is 13. The molecule has 4 aliphatic rings. The van der Waals surface area contributed by atoms with Crippen molar-refractivity contribution < 1.29 is 74.8 Å². The number of hydrogen-bond acceptors (Lipinski definition) is 18. The van der Waals surface area contributed by atoms with E-state index in [2.05, 4.69) is 184 Å². The maximum absolute atomic E-state index is 11.3. The summed E-state index contributed by atoms with van der Waals surface area (Å²) in [7, 11) is 0. The molecule has 0 unspecified atom stereocenters. The van der Waals surface area contributed by atoms with Gasteiger partial charge in [-0.15, -0.1) is 0 Å². The van der Waals surface area contributed by atoms with Crippen LogP contribution in [0.4, 0.5) is 0 Å². The van der Waals surface area contributed by atoms with Crippen molar-refractivity contribution in [2.75, 3.05) is 13.2 Å². The van der Waals surface area contributed by atoms with E-state index < -0.39 is 0 Å². The second-order valence-corrected chi connectivity index (χ2v) is 37.9. The Balaban J connectivity index is 0.000000154. The topological polar surface area (TPSA) is 194 Å². The summed E-state index contributed by atoms with van der Waals surface area (Å²) in [5, 5.41) is 2.45. The summed E-state index contributed by atoms with van der Waals surface area (Å²) in [4.78, 5) is 22.4. The zero-order valence-electron chi connectivity index (χ0n) is 83.9. The molecule has 0 atom stereocenters. The Morgan fingerprint density at radius 1 is 0.338 bits per heavy atom. The highest BCUT2D eigenvalue weighted by molar-refractivity contribution is 5.78. The van der Waals surface area contributed by atoms with E-state index in [1.807, 2.05) is 269 Å². The number of para-hydroxylation sites is 10. The second-order valence-electron chi connectivity index (χ2n) is 37.9. The molecule has 730 valence electrons. The fourth-order valence-electron chi connectivity index (χ4n) is 13.3. The van der Waals surface area contributed by atoms with Crippen molar-refractivity contribution in [3.63, 3.8) is 0 Å². The molecule has 13 aromatic carbocycles. The van der Waals surface area contributed by atoms with Gasteiger partial charge in [-0.25, -0.2) is 0 Å². The van der Waals surface area contributed by atoms with Gasteiger partial charge in [-0.3, -0.25) is 9.59 Å². The van der Waals surface area contributed by atoms with E-state index in [1.165, 1.54) is 65.0 Å². The third-order valence-corrected chi connectivity index (χ3v) is 21.3. The van der Waals surface area contributed by atoms with E-state index >= 15 is 0 Å². The first-order valence-electron chi connectivity index (χ1n) is 46.6. The lowest BCUT2D eigenvalue weighted by Crippen LogP contribution is -2.12. The largest absolute Gasteiger partial charge is 0.486 e. The number of fused-ring (bicyclic) bond motifs is 7.